The maximum atomic E-state index is 11.5. The number of hydrogen-bond donors (Lipinski definition) is 1. The molecule has 1 heterocycles. The average molecular weight is 295 g/mol. The first-order chi connectivity index (χ1) is 9.50. The quantitative estimate of drug-likeness (QED) is 0.815. The summed E-state index contributed by atoms with van der Waals surface area (Å²) in [6.07, 6.45) is 2.19. The molecule has 0 radical (unpaired) electrons. The van der Waals surface area contributed by atoms with Crippen molar-refractivity contribution in [2.45, 2.75) is 24.8 Å². The van der Waals surface area contributed by atoms with Gasteiger partial charge in [-0.25, -0.2) is 8.42 Å². The molecule has 0 amide bonds. The predicted molar refractivity (Wildman–Crippen MR) is 74.8 cm³/mol. The van der Waals surface area contributed by atoms with E-state index in [1.807, 2.05) is 0 Å². The van der Waals surface area contributed by atoms with Gasteiger partial charge in [-0.3, -0.25) is 0 Å². The molecule has 1 N–H and O–H groups in total. The van der Waals surface area contributed by atoms with Gasteiger partial charge in [-0.2, -0.15) is 0 Å². The summed E-state index contributed by atoms with van der Waals surface area (Å²) >= 11 is 0. The molecule has 20 heavy (non-hydrogen) atoms. The lowest BCUT2D eigenvalue weighted by Gasteiger charge is -2.00. The Balaban J connectivity index is 2.20. The molecular formula is C13H17N3O3S. The van der Waals surface area contributed by atoms with Crippen molar-refractivity contribution in [3.63, 3.8) is 0 Å². The molecule has 108 valence electrons. The molecule has 0 saturated carbocycles. The number of sulfone groups is 1. The smallest absolute Gasteiger partial charge is 0.247 e. The Labute approximate surface area is 118 Å². The molecule has 0 aliphatic carbocycles. The highest BCUT2D eigenvalue weighted by Crippen LogP contribution is 2.21. The normalized spacial score (nSPS) is 11.7. The first kappa shape index (κ1) is 14.7. The minimum Gasteiger partial charge on any atom is -0.419 e. The lowest BCUT2D eigenvalue weighted by atomic mass is 10.2. The minimum absolute atomic E-state index is 0.235. The van der Waals surface area contributed by atoms with Crippen LogP contribution in [0, 0.1) is 0 Å². The number of nitrogens with one attached hydrogen (secondary N) is 1. The summed E-state index contributed by atoms with van der Waals surface area (Å²) in [6.45, 7) is 3.46. The third-order valence-electron chi connectivity index (χ3n) is 2.68. The standard InChI is InChI=1S/C13H17N3O3S/c1-3-7-14-9-12-15-16-13(19-12)10-5-4-6-11(8-10)20(2,17)18/h4-6,8,14H,3,7,9H2,1-2H3. The Morgan fingerprint density at radius 1 is 1.30 bits per heavy atom. The van der Waals surface area contributed by atoms with Crippen molar-refractivity contribution in [3.05, 3.63) is 30.2 Å². The van der Waals surface area contributed by atoms with Gasteiger partial charge in [0.25, 0.3) is 0 Å². The number of benzene rings is 1. The maximum Gasteiger partial charge on any atom is 0.247 e. The Morgan fingerprint density at radius 3 is 2.80 bits per heavy atom. The van der Waals surface area contributed by atoms with E-state index < -0.39 is 9.84 Å². The Hall–Kier alpha value is -1.73. The van der Waals surface area contributed by atoms with Crippen LogP contribution in [-0.2, 0) is 16.4 Å². The molecule has 0 aliphatic heterocycles. The van der Waals surface area contributed by atoms with Gasteiger partial charge in [0.05, 0.1) is 11.4 Å². The molecule has 1 aromatic carbocycles. The number of aromatic nitrogens is 2. The maximum absolute atomic E-state index is 11.5. The van der Waals surface area contributed by atoms with Crippen molar-refractivity contribution >= 4 is 9.84 Å². The summed E-state index contributed by atoms with van der Waals surface area (Å²) in [5, 5.41) is 11.0. The molecular weight excluding hydrogens is 278 g/mol. The summed E-state index contributed by atoms with van der Waals surface area (Å²) in [5.41, 5.74) is 0.599. The third kappa shape index (κ3) is 3.64. The van der Waals surface area contributed by atoms with E-state index in [4.69, 9.17) is 4.42 Å². The summed E-state index contributed by atoms with van der Waals surface area (Å²) in [5.74, 6) is 0.807. The summed E-state index contributed by atoms with van der Waals surface area (Å²) < 4.78 is 28.5. The van der Waals surface area contributed by atoms with Gasteiger partial charge in [0, 0.05) is 11.8 Å². The first-order valence-corrected chi connectivity index (χ1v) is 8.23. The molecule has 6 nitrogen and oxygen atoms in total. The van der Waals surface area contributed by atoms with E-state index in [-0.39, 0.29) is 4.90 Å². The van der Waals surface area contributed by atoms with Crippen LogP contribution in [0.2, 0.25) is 0 Å². The van der Waals surface area contributed by atoms with Crippen LogP contribution in [0.3, 0.4) is 0 Å². The molecule has 0 bridgehead atoms. The molecule has 0 saturated heterocycles. The van der Waals surface area contributed by atoms with E-state index in [2.05, 4.69) is 22.4 Å². The predicted octanol–water partition coefficient (Wildman–Crippen LogP) is 1.64. The number of nitrogens with zero attached hydrogens (tertiary/aromatic N) is 2. The summed E-state index contributed by atoms with van der Waals surface area (Å²) in [4.78, 5) is 0.235. The monoisotopic (exact) mass is 295 g/mol. The van der Waals surface area contributed by atoms with Crippen molar-refractivity contribution in [3.8, 4) is 11.5 Å². The SMILES string of the molecule is CCCNCc1nnc(-c2cccc(S(C)(=O)=O)c2)o1. The van der Waals surface area contributed by atoms with Crippen LogP contribution in [0.25, 0.3) is 11.5 Å². The highest BCUT2D eigenvalue weighted by molar-refractivity contribution is 7.90. The van der Waals surface area contributed by atoms with E-state index in [1.165, 1.54) is 12.3 Å². The summed E-state index contributed by atoms with van der Waals surface area (Å²) in [6, 6.07) is 6.47. The Morgan fingerprint density at radius 2 is 2.10 bits per heavy atom. The van der Waals surface area contributed by atoms with Crippen molar-refractivity contribution in [1.82, 2.24) is 15.5 Å². The second-order valence-electron chi connectivity index (χ2n) is 4.48. The van der Waals surface area contributed by atoms with Crippen LogP contribution in [-0.4, -0.2) is 31.4 Å². The highest BCUT2D eigenvalue weighted by Gasteiger charge is 2.12. The van der Waals surface area contributed by atoms with Gasteiger partial charge in [-0.1, -0.05) is 13.0 Å². The molecule has 0 atom stereocenters. The van der Waals surface area contributed by atoms with E-state index in [0.717, 1.165) is 13.0 Å². The van der Waals surface area contributed by atoms with Gasteiger partial charge in [-0.05, 0) is 31.2 Å². The average Bonchev–Trinajstić information content (AvgIpc) is 2.87. The fourth-order valence-corrected chi connectivity index (χ4v) is 2.34. The van der Waals surface area contributed by atoms with Crippen LogP contribution >= 0.6 is 0 Å². The van der Waals surface area contributed by atoms with Crippen LogP contribution in [0.1, 0.15) is 19.2 Å². The van der Waals surface area contributed by atoms with Gasteiger partial charge < -0.3 is 9.73 Å². The Kier molecular flexibility index (Phi) is 4.51. The van der Waals surface area contributed by atoms with Crippen molar-refractivity contribution < 1.29 is 12.8 Å². The highest BCUT2D eigenvalue weighted by atomic mass is 32.2. The molecule has 2 aromatic rings. The van der Waals surface area contributed by atoms with Gasteiger partial charge in [0.15, 0.2) is 9.84 Å². The van der Waals surface area contributed by atoms with Gasteiger partial charge in [0.2, 0.25) is 11.8 Å². The fourth-order valence-electron chi connectivity index (χ4n) is 1.67. The zero-order valence-corrected chi connectivity index (χ0v) is 12.3. The summed E-state index contributed by atoms with van der Waals surface area (Å²) in [7, 11) is -3.25. The number of hydrogen-bond acceptors (Lipinski definition) is 6. The first-order valence-electron chi connectivity index (χ1n) is 6.34. The molecule has 0 aliphatic rings. The Bertz CT molecular complexity index is 680. The lowest BCUT2D eigenvalue weighted by Crippen LogP contribution is -2.13. The van der Waals surface area contributed by atoms with Crippen LogP contribution in [0.15, 0.2) is 33.6 Å². The van der Waals surface area contributed by atoms with Crippen LogP contribution in [0.5, 0.6) is 0 Å². The van der Waals surface area contributed by atoms with Gasteiger partial charge in [-0.15, -0.1) is 10.2 Å². The lowest BCUT2D eigenvalue weighted by molar-refractivity contribution is 0.477. The zero-order valence-electron chi connectivity index (χ0n) is 11.5. The largest absolute Gasteiger partial charge is 0.419 e. The van der Waals surface area contributed by atoms with Gasteiger partial charge in [0.1, 0.15) is 0 Å². The van der Waals surface area contributed by atoms with Crippen molar-refractivity contribution in [1.29, 1.82) is 0 Å². The van der Waals surface area contributed by atoms with E-state index in [0.29, 0.717) is 23.9 Å². The van der Waals surface area contributed by atoms with Crippen molar-refractivity contribution in [2.75, 3.05) is 12.8 Å². The molecule has 0 fully saturated rings. The second-order valence-corrected chi connectivity index (χ2v) is 6.49. The molecule has 1 aromatic heterocycles. The topological polar surface area (TPSA) is 85.1 Å². The van der Waals surface area contributed by atoms with Gasteiger partial charge >= 0.3 is 0 Å². The van der Waals surface area contributed by atoms with E-state index >= 15 is 0 Å². The second kappa shape index (κ2) is 6.15. The molecule has 0 unspecified atom stereocenters. The molecule has 0 spiro atoms. The van der Waals surface area contributed by atoms with E-state index in [1.54, 1.807) is 18.2 Å². The minimum atomic E-state index is -3.25. The van der Waals surface area contributed by atoms with Crippen LogP contribution < -0.4 is 5.32 Å². The molecule has 7 heteroatoms. The number of rotatable bonds is 6. The fraction of sp³-hybridized carbons (Fsp3) is 0.385. The van der Waals surface area contributed by atoms with Crippen LogP contribution in [0.4, 0.5) is 0 Å². The van der Waals surface area contributed by atoms with Crippen molar-refractivity contribution in [2.24, 2.45) is 0 Å². The van der Waals surface area contributed by atoms with E-state index in [9.17, 15) is 8.42 Å². The third-order valence-corrected chi connectivity index (χ3v) is 3.79. The molecule has 2 rings (SSSR count). The zero-order chi connectivity index (χ0) is 14.6.